The Morgan fingerprint density at radius 1 is 1.00 bits per heavy atom. The van der Waals surface area contributed by atoms with Gasteiger partial charge in [-0.2, -0.15) is 0 Å². The zero-order valence-corrected chi connectivity index (χ0v) is 15.0. The predicted octanol–water partition coefficient (Wildman–Crippen LogP) is 4.23. The predicted molar refractivity (Wildman–Crippen MR) is 96.0 cm³/mol. The zero-order valence-electron chi connectivity index (χ0n) is 14.3. The molecule has 5 heteroatoms. The molecule has 2 aromatic carbocycles. The molecule has 0 saturated carbocycles. The van der Waals surface area contributed by atoms with Crippen molar-refractivity contribution < 1.29 is 9.59 Å². The van der Waals surface area contributed by atoms with E-state index < -0.39 is 5.54 Å². The summed E-state index contributed by atoms with van der Waals surface area (Å²) in [4.78, 5) is 25.4. The molecule has 1 N–H and O–H groups in total. The molecule has 0 bridgehead atoms. The molecule has 0 fully saturated rings. The average molecular weight is 345 g/mol. The molecule has 0 radical (unpaired) electrons. The summed E-state index contributed by atoms with van der Waals surface area (Å²) in [5.74, 6) is -0.634. The van der Waals surface area contributed by atoms with Crippen molar-refractivity contribution in [2.45, 2.75) is 33.2 Å². The fraction of sp³-hybridized carbons (Fsp3) is 0.263. The molecule has 0 saturated heterocycles. The normalized spacial score (nSPS) is 11.0. The van der Waals surface area contributed by atoms with Gasteiger partial charge >= 0.3 is 0 Å². The summed E-state index contributed by atoms with van der Waals surface area (Å²) in [5, 5.41) is 1.87. The standard InChI is InChI=1S/C19H21ClN2O2/c1-13-15(11-8-12-16(13)20)17(23)21-22(19(2,3)4)18(24)14-9-6-5-7-10-14/h5-12H,1-4H3,(H,21,23). The molecule has 0 spiro atoms. The van der Waals surface area contributed by atoms with Crippen LogP contribution < -0.4 is 5.43 Å². The second-order valence-corrected chi connectivity index (χ2v) is 6.94. The van der Waals surface area contributed by atoms with E-state index in [1.807, 2.05) is 26.8 Å². The third-order valence-corrected chi connectivity index (χ3v) is 4.03. The number of nitrogens with one attached hydrogen (secondary N) is 1. The van der Waals surface area contributed by atoms with Gasteiger partial charge in [-0.15, -0.1) is 0 Å². The number of carbonyl (C=O) groups is 2. The van der Waals surface area contributed by atoms with Gasteiger partial charge in [-0.25, -0.2) is 5.01 Å². The first kappa shape index (κ1) is 18.0. The smallest absolute Gasteiger partial charge is 0.267 e. The van der Waals surface area contributed by atoms with Crippen molar-refractivity contribution in [2.75, 3.05) is 0 Å². The highest BCUT2D eigenvalue weighted by molar-refractivity contribution is 6.31. The van der Waals surface area contributed by atoms with Crippen LogP contribution in [-0.4, -0.2) is 22.4 Å². The molecule has 0 aliphatic carbocycles. The van der Waals surface area contributed by atoms with Crippen LogP contribution >= 0.6 is 11.6 Å². The maximum absolute atomic E-state index is 12.8. The topological polar surface area (TPSA) is 49.4 Å². The van der Waals surface area contributed by atoms with Crippen LogP contribution in [0, 0.1) is 6.92 Å². The van der Waals surface area contributed by atoms with Gasteiger partial charge in [-0.1, -0.05) is 35.9 Å². The van der Waals surface area contributed by atoms with E-state index in [4.69, 9.17) is 11.6 Å². The number of nitrogens with zero attached hydrogens (tertiary/aromatic N) is 1. The SMILES string of the molecule is Cc1c(Cl)cccc1C(=O)NN(C(=O)c1ccccc1)C(C)(C)C. The van der Waals surface area contributed by atoms with Crippen LogP contribution in [0.4, 0.5) is 0 Å². The number of amides is 2. The van der Waals surface area contributed by atoms with Crippen molar-refractivity contribution in [3.8, 4) is 0 Å². The number of rotatable bonds is 2. The number of halogens is 1. The molecule has 0 atom stereocenters. The second-order valence-electron chi connectivity index (χ2n) is 6.53. The van der Waals surface area contributed by atoms with Crippen LogP contribution in [0.3, 0.4) is 0 Å². The molecule has 4 nitrogen and oxygen atoms in total. The largest absolute Gasteiger partial charge is 0.272 e. The first-order valence-corrected chi connectivity index (χ1v) is 8.05. The first-order valence-electron chi connectivity index (χ1n) is 7.67. The van der Waals surface area contributed by atoms with Crippen molar-refractivity contribution in [3.63, 3.8) is 0 Å². The molecule has 0 aliphatic rings. The third-order valence-electron chi connectivity index (χ3n) is 3.62. The van der Waals surface area contributed by atoms with Crippen molar-refractivity contribution in [1.82, 2.24) is 10.4 Å². The number of carbonyl (C=O) groups excluding carboxylic acids is 2. The highest BCUT2D eigenvalue weighted by atomic mass is 35.5. The van der Waals surface area contributed by atoms with Gasteiger partial charge in [0.15, 0.2) is 0 Å². The van der Waals surface area contributed by atoms with E-state index in [0.717, 1.165) is 0 Å². The molecule has 0 unspecified atom stereocenters. The lowest BCUT2D eigenvalue weighted by Gasteiger charge is -2.35. The monoisotopic (exact) mass is 344 g/mol. The summed E-state index contributed by atoms with van der Waals surface area (Å²) in [5.41, 5.74) is 3.77. The van der Waals surface area contributed by atoms with Crippen LogP contribution in [0.25, 0.3) is 0 Å². The molecule has 2 aromatic rings. The van der Waals surface area contributed by atoms with E-state index in [0.29, 0.717) is 21.7 Å². The fourth-order valence-electron chi connectivity index (χ4n) is 2.25. The van der Waals surface area contributed by atoms with Crippen molar-refractivity contribution >= 4 is 23.4 Å². The quantitative estimate of drug-likeness (QED) is 0.828. The molecule has 2 amide bonds. The summed E-state index contributed by atoms with van der Waals surface area (Å²) >= 11 is 6.08. The van der Waals surface area contributed by atoms with E-state index in [1.54, 1.807) is 49.4 Å². The maximum atomic E-state index is 12.8. The zero-order chi connectivity index (χ0) is 17.9. The lowest BCUT2D eigenvalue weighted by atomic mass is 10.1. The fourth-order valence-corrected chi connectivity index (χ4v) is 2.42. The minimum absolute atomic E-state index is 0.267. The van der Waals surface area contributed by atoms with Crippen LogP contribution in [-0.2, 0) is 0 Å². The first-order chi connectivity index (χ1) is 11.2. The van der Waals surface area contributed by atoms with Crippen LogP contribution in [0.5, 0.6) is 0 Å². The van der Waals surface area contributed by atoms with Gasteiger partial charge < -0.3 is 0 Å². The van der Waals surface area contributed by atoms with Crippen LogP contribution in [0.15, 0.2) is 48.5 Å². The van der Waals surface area contributed by atoms with Gasteiger partial charge in [0.05, 0.1) is 5.54 Å². The highest BCUT2D eigenvalue weighted by Gasteiger charge is 2.29. The number of hydrogen-bond acceptors (Lipinski definition) is 2. The van der Waals surface area contributed by atoms with Crippen LogP contribution in [0.2, 0.25) is 5.02 Å². The van der Waals surface area contributed by atoms with Crippen LogP contribution in [0.1, 0.15) is 47.1 Å². The molecule has 0 aliphatic heterocycles. The highest BCUT2D eigenvalue weighted by Crippen LogP contribution is 2.20. The Morgan fingerprint density at radius 2 is 1.62 bits per heavy atom. The Hall–Kier alpha value is -2.33. The van der Waals surface area contributed by atoms with Crippen molar-refractivity contribution in [1.29, 1.82) is 0 Å². The number of hydrazine groups is 1. The molecule has 2 rings (SSSR count). The van der Waals surface area contributed by atoms with E-state index in [2.05, 4.69) is 5.43 Å². The van der Waals surface area contributed by atoms with Gasteiger partial charge in [-0.05, 0) is 57.5 Å². The van der Waals surface area contributed by atoms with E-state index in [-0.39, 0.29) is 11.8 Å². The number of hydrogen-bond donors (Lipinski definition) is 1. The summed E-state index contributed by atoms with van der Waals surface area (Å²) in [6.07, 6.45) is 0. The Balaban J connectivity index is 2.32. The molecule has 0 aromatic heterocycles. The molecular formula is C19H21ClN2O2. The van der Waals surface area contributed by atoms with Gasteiger partial charge in [0, 0.05) is 16.1 Å². The van der Waals surface area contributed by atoms with E-state index >= 15 is 0 Å². The van der Waals surface area contributed by atoms with Gasteiger partial charge in [-0.3, -0.25) is 15.0 Å². The average Bonchev–Trinajstić information content (AvgIpc) is 2.54. The lowest BCUT2D eigenvalue weighted by Crippen LogP contribution is -2.56. The second kappa shape index (κ2) is 7.05. The number of benzene rings is 2. The van der Waals surface area contributed by atoms with Gasteiger partial charge in [0.25, 0.3) is 11.8 Å². The Labute approximate surface area is 147 Å². The Kier molecular flexibility index (Phi) is 5.30. The Bertz CT molecular complexity index is 752. The van der Waals surface area contributed by atoms with Crippen molar-refractivity contribution in [3.05, 3.63) is 70.2 Å². The lowest BCUT2D eigenvalue weighted by molar-refractivity contribution is 0.0358. The molecule has 24 heavy (non-hydrogen) atoms. The summed E-state index contributed by atoms with van der Waals surface area (Å²) < 4.78 is 0. The van der Waals surface area contributed by atoms with Crippen molar-refractivity contribution in [2.24, 2.45) is 0 Å². The third kappa shape index (κ3) is 3.95. The summed E-state index contributed by atoms with van der Waals surface area (Å²) in [6, 6.07) is 14.0. The minimum Gasteiger partial charge on any atom is -0.267 e. The molecule has 0 heterocycles. The Morgan fingerprint density at radius 3 is 2.21 bits per heavy atom. The maximum Gasteiger partial charge on any atom is 0.272 e. The van der Waals surface area contributed by atoms with E-state index in [9.17, 15) is 9.59 Å². The summed E-state index contributed by atoms with van der Waals surface area (Å²) in [7, 11) is 0. The molecule has 126 valence electrons. The van der Waals surface area contributed by atoms with E-state index in [1.165, 1.54) is 5.01 Å². The molecular weight excluding hydrogens is 324 g/mol. The minimum atomic E-state index is -0.588. The van der Waals surface area contributed by atoms with Gasteiger partial charge in [0.1, 0.15) is 0 Å². The summed E-state index contributed by atoms with van der Waals surface area (Å²) in [6.45, 7) is 7.36. The van der Waals surface area contributed by atoms with Gasteiger partial charge in [0.2, 0.25) is 0 Å².